The maximum Gasteiger partial charge on any atom is 0.189 e. The molecule has 146 valence electrons. The number of carbonyl (C=O) groups is 1. The average molecular weight is 451 g/mol. The molecule has 0 fully saturated rings. The Morgan fingerprint density at radius 3 is 2.76 bits per heavy atom. The molecule has 5 nitrogen and oxygen atoms in total. The molecule has 0 aliphatic carbocycles. The lowest BCUT2D eigenvalue weighted by Crippen LogP contribution is -1.94. The fourth-order valence-corrected chi connectivity index (χ4v) is 3.47. The normalized spacial score (nSPS) is 11.4. The molecular weight excluding hydrogens is 432 g/mol. The first-order chi connectivity index (χ1) is 14.0. The van der Waals surface area contributed by atoms with Gasteiger partial charge in [0.15, 0.2) is 5.78 Å². The number of nitrogens with zero attached hydrogens (tertiary/aromatic N) is 2. The van der Waals surface area contributed by atoms with Crippen molar-refractivity contribution in [2.45, 2.75) is 13.5 Å². The van der Waals surface area contributed by atoms with Crippen LogP contribution in [0.15, 0.2) is 69.7 Å². The smallest absolute Gasteiger partial charge is 0.189 e. The number of carbonyl (C=O) groups excluding carboxylic acids is 1. The minimum atomic E-state index is -0.104. The van der Waals surface area contributed by atoms with E-state index >= 15 is 0 Å². The fourth-order valence-electron chi connectivity index (χ4n) is 3.09. The van der Waals surface area contributed by atoms with E-state index in [1.807, 2.05) is 49.4 Å². The van der Waals surface area contributed by atoms with Gasteiger partial charge in [-0.25, -0.2) is 0 Å². The lowest BCUT2D eigenvalue weighted by Gasteiger charge is -2.06. The van der Waals surface area contributed by atoms with Crippen LogP contribution in [0.1, 0.15) is 27.6 Å². The zero-order chi connectivity index (χ0) is 20.4. The van der Waals surface area contributed by atoms with Gasteiger partial charge in [0.1, 0.15) is 23.9 Å². The van der Waals surface area contributed by atoms with Gasteiger partial charge in [-0.3, -0.25) is 9.48 Å². The first-order valence-electron chi connectivity index (χ1n) is 9.11. The number of halogens is 1. The highest BCUT2D eigenvalue weighted by Gasteiger charge is 2.10. The second kappa shape index (κ2) is 8.09. The molecule has 0 aliphatic rings. The molecule has 0 aliphatic heterocycles. The van der Waals surface area contributed by atoms with Gasteiger partial charge in [-0.1, -0.05) is 28.1 Å². The number of rotatable bonds is 6. The molecule has 0 saturated heterocycles. The van der Waals surface area contributed by atoms with Gasteiger partial charge in [0.05, 0.1) is 11.3 Å². The van der Waals surface area contributed by atoms with Crippen LogP contribution in [0.4, 0.5) is 0 Å². The second-order valence-electron chi connectivity index (χ2n) is 6.75. The summed E-state index contributed by atoms with van der Waals surface area (Å²) >= 11 is 3.48. The summed E-state index contributed by atoms with van der Waals surface area (Å²) in [6.07, 6.45) is 4.87. The van der Waals surface area contributed by atoms with E-state index in [0.717, 1.165) is 21.0 Å². The molecule has 0 atom stereocenters. The van der Waals surface area contributed by atoms with Gasteiger partial charge in [0.2, 0.25) is 0 Å². The van der Waals surface area contributed by atoms with E-state index in [1.54, 1.807) is 24.0 Å². The predicted octanol–water partition coefficient (Wildman–Crippen LogP) is 5.71. The number of furan rings is 1. The number of hydrogen-bond donors (Lipinski definition) is 0. The van der Waals surface area contributed by atoms with Crippen molar-refractivity contribution in [3.8, 4) is 5.75 Å². The van der Waals surface area contributed by atoms with Gasteiger partial charge in [-0.05, 0) is 66.2 Å². The van der Waals surface area contributed by atoms with Crippen LogP contribution in [0.3, 0.4) is 0 Å². The number of aromatic nitrogens is 2. The Morgan fingerprint density at radius 1 is 1.17 bits per heavy atom. The average Bonchev–Trinajstić information content (AvgIpc) is 3.30. The summed E-state index contributed by atoms with van der Waals surface area (Å²) in [6.45, 7) is 2.13. The van der Waals surface area contributed by atoms with Crippen molar-refractivity contribution in [1.29, 1.82) is 0 Å². The first-order valence-corrected chi connectivity index (χ1v) is 9.91. The van der Waals surface area contributed by atoms with Crippen LogP contribution in [-0.2, 0) is 13.7 Å². The van der Waals surface area contributed by atoms with Crippen molar-refractivity contribution in [3.05, 3.63) is 88.1 Å². The summed E-state index contributed by atoms with van der Waals surface area (Å²) in [5.74, 6) is 1.95. The van der Waals surface area contributed by atoms with Crippen molar-refractivity contribution in [1.82, 2.24) is 9.78 Å². The molecule has 2 heterocycles. The number of benzene rings is 2. The lowest BCUT2D eigenvalue weighted by molar-refractivity contribution is 0.104. The van der Waals surface area contributed by atoms with Crippen LogP contribution < -0.4 is 4.74 Å². The zero-order valence-corrected chi connectivity index (χ0v) is 17.6. The van der Waals surface area contributed by atoms with Gasteiger partial charge in [0, 0.05) is 17.7 Å². The third-order valence-electron chi connectivity index (χ3n) is 4.52. The minimum Gasteiger partial charge on any atom is -0.486 e. The molecule has 0 unspecified atom stereocenters. The van der Waals surface area contributed by atoms with Gasteiger partial charge < -0.3 is 9.15 Å². The lowest BCUT2D eigenvalue weighted by atomic mass is 10.1. The monoisotopic (exact) mass is 450 g/mol. The van der Waals surface area contributed by atoms with Crippen molar-refractivity contribution in [3.63, 3.8) is 0 Å². The highest BCUT2D eigenvalue weighted by molar-refractivity contribution is 9.10. The van der Waals surface area contributed by atoms with Gasteiger partial charge in [0.25, 0.3) is 0 Å². The molecule has 0 spiro atoms. The van der Waals surface area contributed by atoms with Crippen LogP contribution in [0.25, 0.3) is 16.8 Å². The number of ketones is 1. The number of aryl methyl sites for hydroxylation is 2. The number of ether oxygens (including phenoxy) is 1. The maximum atomic E-state index is 12.3. The Bertz CT molecular complexity index is 1220. The van der Waals surface area contributed by atoms with Crippen molar-refractivity contribution >= 4 is 38.6 Å². The van der Waals surface area contributed by atoms with Crippen molar-refractivity contribution in [2.24, 2.45) is 7.05 Å². The SMILES string of the molecule is Cc1nn(C)cc1C(=O)/C=C/c1ccc(COc2ccc3cc(Br)ccc3c2)o1. The maximum absolute atomic E-state index is 12.3. The molecule has 0 saturated carbocycles. The van der Waals surface area contributed by atoms with E-state index in [2.05, 4.69) is 27.1 Å². The van der Waals surface area contributed by atoms with Gasteiger partial charge in [-0.2, -0.15) is 5.10 Å². The van der Waals surface area contributed by atoms with Gasteiger partial charge >= 0.3 is 0 Å². The van der Waals surface area contributed by atoms with E-state index < -0.39 is 0 Å². The van der Waals surface area contributed by atoms with Crippen LogP contribution in [-0.4, -0.2) is 15.6 Å². The van der Waals surface area contributed by atoms with Crippen LogP contribution in [0.5, 0.6) is 5.75 Å². The molecule has 0 N–H and O–H groups in total. The largest absolute Gasteiger partial charge is 0.486 e. The first kappa shape index (κ1) is 19.2. The summed E-state index contributed by atoms with van der Waals surface area (Å²) in [6, 6.07) is 15.7. The van der Waals surface area contributed by atoms with Crippen molar-refractivity contribution in [2.75, 3.05) is 0 Å². The van der Waals surface area contributed by atoms with E-state index in [-0.39, 0.29) is 5.78 Å². The predicted molar refractivity (Wildman–Crippen MR) is 116 cm³/mol. The number of fused-ring (bicyclic) bond motifs is 1. The molecule has 2 aromatic heterocycles. The summed E-state index contributed by atoms with van der Waals surface area (Å²) in [4.78, 5) is 12.3. The Labute approximate surface area is 176 Å². The van der Waals surface area contributed by atoms with Crippen molar-refractivity contribution < 1.29 is 13.9 Å². The van der Waals surface area contributed by atoms with Crippen LogP contribution in [0.2, 0.25) is 0 Å². The summed E-state index contributed by atoms with van der Waals surface area (Å²) < 4.78 is 14.3. The molecule has 0 amide bonds. The molecule has 0 bridgehead atoms. The van der Waals surface area contributed by atoms with E-state index in [4.69, 9.17) is 9.15 Å². The number of allylic oxidation sites excluding steroid dienone is 1. The quantitative estimate of drug-likeness (QED) is 0.278. The molecule has 2 aromatic carbocycles. The molecule has 6 heteroatoms. The van der Waals surface area contributed by atoms with Crippen LogP contribution in [0, 0.1) is 6.92 Å². The zero-order valence-electron chi connectivity index (χ0n) is 16.1. The molecule has 29 heavy (non-hydrogen) atoms. The van der Waals surface area contributed by atoms with E-state index in [1.165, 1.54) is 6.08 Å². The van der Waals surface area contributed by atoms with Gasteiger partial charge in [-0.15, -0.1) is 0 Å². The Morgan fingerprint density at radius 2 is 1.97 bits per heavy atom. The molecule has 4 rings (SSSR count). The Balaban J connectivity index is 1.40. The molecular formula is C23H19BrN2O3. The third kappa shape index (κ3) is 4.49. The summed E-state index contributed by atoms with van der Waals surface area (Å²) in [7, 11) is 1.79. The Hall–Kier alpha value is -3.12. The second-order valence-corrected chi connectivity index (χ2v) is 7.66. The molecule has 0 radical (unpaired) electrons. The molecule has 4 aromatic rings. The minimum absolute atomic E-state index is 0.104. The number of hydrogen-bond acceptors (Lipinski definition) is 4. The fraction of sp³-hybridized carbons (Fsp3) is 0.130. The highest BCUT2D eigenvalue weighted by Crippen LogP contribution is 2.25. The van der Waals surface area contributed by atoms with E-state index in [0.29, 0.717) is 29.4 Å². The highest BCUT2D eigenvalue weighted by atomic mass is 79.9. The Kier molecular flexibility index (Phi) is 5.36. The summed E-state index contributed by atoms with van der Waals surface area (Å²) in [5.41, 5.74) is 1.29. The third-order valence-corrected chi connectivity index (χ3v) is 5.01. The van der Waals surface area contributed by atoms with Crippen LogP contribution >= 0.6 is 15.9 Å². The standard InChI is InChI=1S/C23H19BrN2O3/c1-15-22(13-26(2)25-15)23(27)10-9-19-7-8-21(29-19)14-28-20-6-4-16-11-18(24)5-3-17(16)12-20/h3-13H,14H2,1-2H3/b10-9+. The van der Waals surface area contributed by atoms with E-state index in [9.17, 15) is 4.79 Å². The summed E-state index contributed by atoms with van der Waals surface area (Å²) in [5, 5.41) is 6.44. The topological polar surface area (TPSA) is 57.3 Å².